The van der Waals surface area contributed by atoms with Gasteiger partial charge in [0.2, 0.25) is 0 Å². The first-order valence-electron chi connectivity index (χ1n) is 12.2. The Hall–Kier alpha value is -4.14. The Balaban J connectivity index is 1.34. The molecule has 0 spiro atoms. The molecule has 0 unspecified atom stereocenters. The van der Waals surface area contributed by atoms with Gasteiger partial charge in [0, 0.05) is 24.5 Å². The third-order valence-corrected chi connectivity index (χ3v) is 6.72. The van der Waals surface area contributed by atoms with Crippen molar-refractivity contribution < 1.29 is 19.4 Å². The summed E-state index contributed by atoms with van der Waals surface area (Å²) >= 11 is 1.46. The quantitative estimate of drug-likeness (QED) is 0.136. The van der Waals surface area contributed by atoms with Crippen molar-refractivity contribution in [1.82, 2.24) is 5.32 Å². The SMILES string of the molecule is COc1ccc(-c2cccc(CO)c2)cc1SNc1cccc(NCCNC(=O)c2ccccc2OC)c1. The van der Waals surface area contributed by atoms with Crippen molar-refractivity contribution >= 4 is 29.2 Å². The number of amides is 1. The summed E-state index contributed by atoms with van der Waals surface area (Å²) in [5.74, 6) is 1.15. The average molecular weight is 530 g/mol. The number of aliphatic hydroxyl groups excluding tert-OH is 1. The molecule has 38 heavy (non-hydrogen) atoms. The van der Waals surface area contributed by atoms with Gasteiger partial charge in [-0.2, -0.15) is 0 Å². The van der Waals surface area contributed by atoms with Crippen molar-refractivity contribution in [2.24, 2.45) is 0 Å². The minimum atomic E-state index is -0.171. The van der Waals surface area contributed by atoms with E-state index in [0.29, 0.717) is 24.4 Å². The van der Waals surface area contributed by atoms with Crippen LogP contribution in [0.25, 0.3) is 11.1 Å². The molecule has 7 nitrogen and oxygen atoms in total. The number of rotatable bonds is 12. The summed E-state index contributed by atoms with van der Waals surface area (Å²) in [6, 6.07) is 29.0. The molecule has 0 heterocycles. The second-order valence-corrected chi connectivity index (χ2v) is 9.24. The number of para-hydroxylation sites is 1. The molecule has 0 saturated carbocycles. The summed E-state index contributed by atoms with van der Waals surface area (Å²) in [6.45, 7) is 1.04. The maximum atomic E-state index is 12.5. The first-order chi connectivity index (χ1) is 18.6. The van der Waals surface area contributed by atoms with Gasteiger partial charge in [0.05, 0.1) is 31.3 Å². The molecule has 0 atom stereocenters. The molecule has 0 aromatic heterocycles. The van der Waals surface area contributed by atoms with E-state index in [9.17, 15) is 9.90 Å². The molecule has 0 aliphatic carbocycles. The topological polar surface area (TPSA) is 91.9 Å². The van der Waals surface area contributed by atoms with Gasteiger partial charge in [0.15, 0.2) is 0 Å². The van der Waals surface area contributed by atoms with Crippen molar-refractivity contribution in [2.75, 3.05) is 37.3 Å². The van der Waals surface area contributed by atoms with E-state index in [1.807, 2.05) is 72.8 Å². The van der Waals surface area contributed by atoms with E-state index in [2.05, 4.69) is 21.4 Å². The Morgan fingerprint density at radius 2 is 1.55 bits per heavy atom. The molecule has 0 aliphatic heterocycles. The van der Waals surface area contributed by atoms with E-state index in [4.69, 9.17) is 9.47 Å². The first-order valence-corrected chi connectivity index (χ1v) is 13.0. The number of methoxy groups -OCH3 is 2. The lowest BCUT2D eigenvalue weighted by molar-refractivity contribution is 0.0952. The van der Waals surface area contributed by atoms with E-state index in [1.165, 1.54) is 11.9 Å². The van der Waals surface area contributed by atoms with Gasteiger partial charge in [-0.05, 0) is 77.2 Å². The summed E-state index contributed by atoms with van der Waals surface area (Å²) < 4.78 is 14.2. The van der Waals surface area contributed by atoms with Crippen LogP contribution in [-0.4, -0.2) is 38.3 Å². The Labute approximate surface area is 227 Å². The van der Waals surface area contributed by atoms with Crippen molar-refractivity contribution in [1.29, 1.82) is 0 Å². The zero-order chi connectivity index (χ0) is 26.7. The minimum absolute atomic E-state index is 0.00563. The van der Waals surface area contributed by atoms with Crippen LogP contribution in [0.5, 0.6) is 11.5 Å². The van der Waals surface area contributed by atoms with Crippen LogP contribution in [0.3, 0.4) is 0 Å². The second-order valence-electron chi connectivity index (χ2n) is 8.39. The fraction of sp³-hybridized carbons (Fsp3) is 0.167. The summed E-state index contributed by atoms with van der Waals surface area (Å²) in [7, 11) is 3.21. The Kier molecular flexibility index (Phi) is 9.50. The van der Waals surface area contributed by atoms with Crippen molar-refractivity contribution in [3.05, 3.63) is 102 Å². The van der Waals surface area contributed by atoms with Crippen LogP contribution < -0.4 is 24.8 Å². The molecule has 0 bridgehead atoms. The van der Waals surface area contributed by atoms with Gasteiger partial charge in [0.1, 0.15) is 11.5 Å². The average Bonchev–Trinajstić information content (AvgIpc) is 2.98. The van der Waals surface area contributed by atoms with Gasteiger partial charge in [-0.1, -0.05) is 42.5 Å². The normalized spacial score (nSPS) is 10.5. The number of ether oxygens (including phenoxy) is 2. The van der Waals surface area contributed by atoms with Crippen molar-refractivity contribution in [3.63, 3.8) is 0 Å². The Morgan fingerprint density at radius 3 is 2.37 bits per heavy atom. The highest BCUT2D eigenvalue weighted by atomic mass is 32.2. The van der Waals surface area contributed by atoms with Crippen LogP contribution in [0, 0.1) is 0 Å². The number of anilines is 2. The molecule has 1 amide bonds. The number of hydrogen-bond donors (Lipinski definition) is 4. The van der Waals surface area contributed by atoms with Crippen LogP contribution in [-0.2, 0) is 6.61 Å². The number of nitrogens with one attached hydrogen (secondary N) is 3. The van der Waals surface area contributed by atoms with Gasteiger partial charge >= 0.3 is 0 Å². The van der Waals surface area contributed by atoms with E-state index in [-0.39, 0.29) is 12.5 Å². The number of aliphatic hydroxyl groups is 1. The summed E-state index contributed by atoms with van der Waals surface area (Å²) in [5.41, 5.74) is 5.31. The lowest BCUT2D eigenvalue weighted by Gasteiger charge is -2.13. The summed E-state index contributed by atoms with van der Waals surface area (Å²) in [4.78, 5) is 13.4. The number of carbonyl (C=O) groups excluding carboxylic acids is 1. The predicted molar refractivity (Wildman–Crippen MR) is 154 cm³/mol. The molecule has 0 aliphatic rings. The molecule has 8 heteroatoms. The number of hydrogen-bond acceptors (Lipinski definition) is 7. The predicted octanol–water partition coefficient (Wildman–Crippen LogP) is 5.82. The van der Waals surface area contributed by atoms with Gasteiger partial charge in [-0.3, -0.25) is 4.79 Å². The smallest absolute Gasteiger partial charge is 0.255 e. The molecule has 4 aromatic rings. The second kappa shape index (κ2) is 13.4. The molecule has 4 rings (SSSR count). The minimum Gasteiger partial charge on any atom is -0.496 e. The fourth-order valence-electron chi connectivity index (χ4n) is 3.90. The van der Waals surface area contributed by atoms with E-state index >= 15 is 0 Å². The van der Waals surface area contributed by atoms with Crippen LogP contribution in [0.2, 0.25) is 0 Å². The Bertz CT molecular complexity index is 1380. The molecule has 4 aromatic carbocycles. The van der Waals surface area contributed by atoms with Gasteiger partial charge in [0.25, 0.3) is 5.91 Å². The molecule has 0 saturated heterocycles. The zero-order valence-corrected chi connectivity index (χ0v) is 22.2. The molecular formula is C30H31N3O4S. The largest absolute Gasteiger partial charge is 0.496 e. The summed E-state index contributed by atoms with van der Waals surface area (Å²) in [6.07, 6.45) is 0. The molecule has 4 N–H and O–H groups in total. The fourth-order valence-corrected chi connectivity index (χ4v) is 4.69. The highest BCUT2D eigenvalue weighted by Crippen LogP contribution is 2.35. The van der Waals surface area contributed by atoms with Crippen molar-refractivity contribution in [3.8, 4) is 22.6 Å². The highest BCUT2D eigenvalue weighted by Gasteiger charge is 2.11. The summed E-state index contributed by atoms with van der Waals surface area (Å²) in [5, 5.41) is 15.7. The molecule has 0 fully saturated rings. The van der Waals surface area contributed by atoms with Crippen LogP contribution in [0.15, 0.2) is 95.9 Å². The maximum Gasteiger partial charge on any atom is 0.255 e. The van der Waals surface area contributed by atoms with Gasteiger partial charge in [-0.15, -0.1) is 0 Å². The molecule has 196 valence electrons. The van der Waals surface area contributed by atoms with E-state index in [0.717, 1.165) is 38.7 Å². The lowest BCUT2D eigenvalue weighted by atomic mass is 10.0. The number of benzene rings is 4. The van der Waals surface area contributed by atoms with Gasteiger partial charge in [-0.25, -0.2) is 0 Å². The third kappa shape index (κ3) is 7.00. The standard InChI is InChI=1S/C30H31N3O4S/c1-36-27-12-4-3-11-26(27)30(35)32-16-15-31-24-9-6-10-25(19-24)33-38-29-18-23(13-14-28(29)37-2)22-8-5-7-21(17-22)20-34/h3-14,17-19,31,33-34H,15-16,20H2,1-2H3,(H,32,35). The van der Waals surface area contributed by atoms with Crippen molar-refractivity contribution in [2.45, 2.75) is 11.5 Å². The lowest BCUT2D eigenvalue weighted by Crippen LogP contribution is -2.29. The number of carbonyl (C=O) groups is 1. The van der Waals surface area contributed by atoms with Crippen LogP contribution in [0.1, 0.15) is 15.9 Å². The Morgan fingerprint density at radius 1 is 0.789 bits per heavy atom. The zero-order valence-electron chi connectivity index (χ0n) is 21.4. The van der Waals surface area contributed by atoms with E-state index < -0.39 is 0 Å². The highest BCUT2D eigenvalue weighted by molar-refractivity contribution is 8.00. The first kappa shape index (κ1) is 26.9. The van der Waals surface area contributed by atoms with Gasteiger partial charge < -0.3 is 29.9 Å². The monoisotopic (exact) mass is 529 g/mol. The van der Waals surface area contributed by atoms with Crippen LogP contribution >= 0.6 is 11.9 Å². The van der Waals surface area contributed by atoms with Crippen LogP contribution in [0.4, 0.5) is 11.4 Å². The van der Waals surface area contributed by atoms with E-state index in [1.54, 1.807) is 26.4 Å². The molecule has 0 radical (unpaired) electrons. The molecular weight excluding hydrogens is 498 g/mol. The maximum absolute atomic E-state index is 12.5. The third-order valence-electron chi connectivity index (χ3n) is 5.84.